The van der Waals surface area contributed by atoms with Crippen LogP contribution in [0.5, 0.6) is 0 Å². The van der Waals surface area contributed by atoms with Gasteiger partial charge in [-0.1, -0.05) is 111 Å². The Hall–Kier alpha value is -3.70. The first-order valence-electron chi connectivity index (χ1n) is 18.3. The van der Waals surface area contributed by atoms with Gasteiger partial charge in [-0.3, -0.25) is 19.2 Å². The predicted molar refractivity (Wildman–Crippen MR) is 176 cm³/mol. The highest BCUT2D eigenvalue weighted by molar-refractivity contribution is 6.28. The predicted octanol–water partition coefficient (Wildman–Crippen LogP) is 8.37. The highest BCUT2D eigenvalue weighted by Crippen LogP contribution is 2.65. The van der Waals surface area contributed by atoms with Gasteiger partial charge in [0, 0.05) is 57.1 Å². The van der Waals surface area contributed by atoms with Gasteiger partial charge in [-0.15, -0.1) is 0 Å². The largest absolute Gasteiger partial charge is 0.364 e. The van der Waals surface area contributed by atoms with Gasteiger partial charge >= 0.3 is 0 Å². The number of ketones is 4. The van der Waals surface area contributed by atoms with Gasteiger partial charge in [-0.05, 0) is 36.8 Å². The molecule has 2 bridgehead atoms. The molecule has 0 radical (unpaired) electrons. The molecule has 2 aromatic rings. The summed E-state index contributed by atoms with van der Waals surface area (Å²) in [6.07, 6.45) is 10.7. The van der Waals surface area contributed by atoms with E-state index in [-0.39, 0.29) is 59.0 Å². The van der Waals surface area contributed by atoms with E-state index in [1.807, 2.05) is 36.4 Å². The zero-order valence-electron chi connectivity index (χ0n) is 26.8. The van der Waals surface area contributed by atoms with Gasteiger partial charge in [-0.25, -0.2) is 0 Å². The van der Waals surface area contributed by atoms with Gasteiger partial charge < -0.3 is 4.74 Å². The van der Waals surface area contributed by atoms with Crippen LogP contribution in [0, 0.1) is 35.5 Å². The third-order valence-electron chi connectivity index (χ3n) is 13.3. The molecule has 2 aliphatic heterocycles. The minimum atomic E-state index is -0.482. The number of carbonyl (C=O) groups excluding carboxylic acids is 4. The van der Waals surface area contributed by atoms with Gasteiger partial charge in [0.15, 0.2) is 23.1 Å². The summed E-state index contributed by atoms with van der Waals surface area (Å²) in [4.78, 5) is 59.5. The minimum Gasteiger partial charge on any atom is -0.364 e. The molecule has 0 amide bonds. The number of rotatable bonds is 0. The molecule has 2 unspecified atom stereocenters. The molecule has 0 spiro atoms. The average molecular weight is 625 g/mol. The van der Waals surface area contributed by atoms with Crippen LogP contribution in [-0.2, 0) is 14.3 Å². The normalized spacial score (nSPS) is 35.7. The lowest BCUT2D eigenvalue weighted by Crippen LogP contribution is -2.48. The zero-order chi connectivity index (χ0) is 31.6. The molecule has 5 heteroatoms. The number of Topliss-reactive ketones (excluding diaryl/α,β-unsaturated/α-hetero) is 4. The topological polar surface area (TPSA) is 77.5 Å². The van der Waals surface area contributed by atoms with Crippen LogP contribution in [0.1, 0.15) is 121 Å². The van der Waals surface area contributed by atoms with Gasteiger partial charge in [0.25, 0.3) is 0 Å². The fourth-order valence-electron chi connectivity index (χ4n) is 11.5. The van der Waals surface area contributed by atoms with Crippen molar-refractivity contribution in [1.82, 2.24) is 0 Å². The van der Waals surface area contributed by atoms with E-state index >= 15 is 9.59 Å². The van der Waals surface area contributed by atoms with Crippen LogP contribution < -0.4 is 0 Å². The van der Waals surface area contributed by atoms with Crippen molar-refractivity contribution in [2.45, 2.75) is 89.3 Å². The van der Waals surface area contributed by atoms with E-state index in [0.717, 1.165) is 110 Å². The maximum Gasteiger partial charge on any atom is 0.190 e. The van der Waals surface area contributed by atoms with Crippen LogP contribution in [0.25, 0.3) is 0 Å². The van der Waals surface area contributed by atoms with E-state index < -0.39 is 11.8 Å². The Morgan fingerprint density at radius 2 is 0.809 bits per heavy atom. The third-order valence-corrected chi connectivity index (χ3v) is 13.3. The van der Waals surface area contributed by atoms with Gasteiger partial charge in [0.2, 0.25) is 0 Å². The molecule has 0 aromatic heterocycles. The number of carbonyl (C=O) groups is 4. The first-order valence-corrected chi connectivity index (χ1v) is 18.3. The Bertz CT molecular complexity index is 1770. The maximum absolute atomic E-state index is 15.1. The van der Waals surface area contributed by atoms with Crippen molar-refractivity contribution in [3.8, 4) is 0 Å². The summed E-state index contributed by atoms with van der Waals surface area (Å²) in [6, 6.07) is 15.5. The van der Waals surface area contributed by atoms with Crippen LogP contribution in [0.15, 0.2) is 82.0 Å². The smallest absolute Gasteiger partial charge is 0.190 e. The molecule has 1 saturated heterocycles. The first-order chi connectivity index (χ1) is 23.1. The Kier molecular flexibility index (Phi) is 6.27. The maximum atomic E-state index is 15.1. The Balaban J connectivity index is 1.20. The molecule has 3 fully saturated rings. The summed E-state index contributed by atoms with van der Waals surface area (Å²) in [5, 5.41) is 0. The van der Waals surface area contributed by atoms with E-state index in [1.54, 1.807) is 0 Å². The molecule has 6 aliphatic carbocycles. The molecular formula is C42H40O5. The van der Waals surface area contributed by atoms with Crippen molar-refractivity contribution >= 4 is 23.1 Å². The lowest BCUT2D eigenvalue weighted by Gasteiger charge is -2.50. The summed E-state index contributed by atoms with van der Waals surface area (Å²) in [6.45, 7) is 0. The van der Waals surface area contributed by atoms with Crippen molar-refractivity contribution in [3.63, 3.8) is 0 Å². The highest BCUT2D eigenvalue weighted by atomic mass is 16.5. The number of hydrogen-bond acceptors (Lipinski definition) is 5. The zero-order valence-corrected chi connectivity index (χ0v) is 26.8. The van der Waals surface area contributed by atoms with Crippen LogP contribution >= 0.6 is 0 Å². The van der Waals surface area contributed by atoms with Crippen LogP contribution in [0.2, 0.25) is 0 Å². The lowest BCUT2D eigenvalue weighted by molar-refractivity contribution is -0.131. The summed E-state index contributed by atoms with van der Waals surface area (Å²) < 4.78 is 6.55. The molecule has 5 nitrogen and oxygen atoms in total. The van der Waals surface area contributed by atoms with Crippen LogP contribution in [0.3, 0.4) is 0 Å². The molecule has 8 aliphatic rings. The molecule has 2 heterocycles. The first kappa shape index (κ1) is 28.3. The van der Waals surface area contributed by atoms with E-state index in [0.29, 0.717) is 11.1 Å². The quantitative estimate of drug-likeness (QED) is 0.275. The fourth-order valence-corrected chi connectivity index (χ4v) is 11.5. The number of hydrogen-bond donors (Lipinski definition) is 0. The SMILES string of the molecule is O=C1C2=C(C(=O)c3ccccc31)[C@@H]1CCCCCC[C@@H]3C4=C(C(=O)C5C(C4=O)[C@@H]4O[C@H]5c5ccccc54)[C@@H]4CCCCCC[C@H]2C4=C31. The van der Waals surface area contributed by atoms with Gasteiger partial charge in [0.05, 0.1) is 24.0 Å². The Morgan fingerprint density at radius 1 is 0.447 bits per heavy atom. The van der Waals surface area contributed by atoms with E-state index in [1.165, 1.54) is 11.1 Å². The summed E-state index contributed by atoms with van der Waals surface area (Å²) in [5.74, 6) is -1.43. The lowest BCUT2D eigenvalue weighted by atomic mass is 9.51. The van der Waals surface area contributed by atoms with Crippen molar-refractivity contribution in [2.24, 2.45) is 35.5 Å². The second-order valence-corrected chi connectivity index (χ2v) is 15.3. The second-order valence-electron chi connectivity index (χ2n) is 15.3. The van der Waals surface area contributed by atoms with Crippen molar-refractivity contribution in [3.05, 3.63) is 104 Å². The van der Waals surface area contributed by atoms with Crippen molar-refractivity contribution in [1.29, 1.82) is 0 Å². The van der Waals surface area contributed by atoms with Crippen LogP contribution in [0.4, 0.5) is 0 Å². The molecule has 2 aromatic carbocycles. The summed E-state index contributed by atoms with van der Waals surface area (Å²) in [7, 11) is 0. The second kappa shape index (κ2) is 10.4. The van der Waals surface area contributed by atoms with Crippen molar-refractivity contribution in [2.75, 3.05) is 0 Å². The Labute approximate surface area is 275 Å². The average Bonchev–Trinajstić information content (AvgIpc) is 3.71. The highest BCUT2D eigenvalue weighted by Gasteiger charge is 2.64. The Morgan fingerprint density at radius 3 is 1.21 bits per heavy atom. The molecule has 47 heavy (non-hydrogen) atoms. The van der Waals surface area contributed by atoms with E-state index in [9.17, 15) is 9.59 Å². The molecule has 0 N–H and O–H groups in total. The number of fused-ring (bicyclic) bond motifs is 13. The van der Waals surface area contributed by atoms with E-state index in [2.05, 4.69) is 12.1 Å². The summed E-state index contributed by atoms with van der Waals surface area (Å²) >= 11 is 0. The van der Waals surface area contributed by atoms with Gasteiger partial charge in [0.1, 0.15) is 0 Å². The van der Waals surface area contributed by atoms with Gasteiger partial charge in [-0.2, -0.15) is 0 Å². The number of benzene rings is 2. The van der Waals surface area contributed by atoms with Crippen LogP contribution in [-0.4, -0.2) is 23.1 Å². The standard InChI is InChI=1S/C42H40O5/c43-37-21-13-9-10-14-22(21)38(44)32-26-18-6-2-4-8-20-28-30(26)29-25(31(32)37)17-5-1-3-7-19-27(29)33-34(28)40(46)36-35(39(33)45)41-23-15-11-12-16-24(23)42(36)47-41/h9-16,25-28,35-36,41-42H,1-8,17-20H2/t25-,26+,27+,28-,35?,36?,41-,42+. The summed E-state index contributed by atoms with van der Waals surface area (Å²) in [5.41, 5.74) is 8.64. The fraction of sp³-hybridized carbons (Fsp3) is 0.476. The molecule has 2 saturated carbocycles. The number of allylic oxidation sites excluding steroid dienone is 6. The third kappa shape index (κ3) is 3.70. The number of ether oxygens (including phenoxy) is 1. The van der Waals surface area contributed by atoms with E-state index in [4.69, 9.17) is 4.74 Å². The minimum absolute atomic E-state index is 0.00478. The molecule has 238 valence electrons. The monoisotopic (exact) mass is 624 g/mol. The molecule has 10 rings (SSSR count). The molecule has 8 atom stereocenters. The van der Waals surface area contributed by atoms with Crippen molar-refractivity contribution < 1.29 is 23.9 Å². The molecular weight excluding hydrogens is 584 g/mol.